The van der Waals surface area contributed by atoms with Gasteiger partial charge in [-0.15, -0.1) is 0 Å². The second kappa shape index (κ2) is 5.03. The van der Waals surface area contributed by atoms with Crippen molar-refractivity contribution < 1.29 is 4.79 Å². The van der Waals surface area contributed by atoms with Crippen LogP contribution in [0.1, 0.15) is 13.3 Å². The molecule has 0 aromatic heterocycles. The molecule has 2 rings (SSSR count). The highest BCUT2D eigenvalue weighted by molar-refractivity contribution is 5.83. The third-order valence-electron chi connectivity index (χ3n) is 3.92. The largest absolute Gasteiger partial charge is 0.344 e. The number of piperazine rings is 1. The zero-order valence-electron chi connectivity index (χ0n) is 10.6. The van der Waals surface area contributed by atoms with Crippen molar-refractivity contribution >= 4 is 5.91 Å². The van der Waals surface area contributed by atoms with Gasteiger partial charge in [-0.3, -0.25) is 14.6 Å². The molecule has 2 fully saturated rings. The smallest absolute Gasteiger partial charge is 0.239 e. The first-order valence-electron chi connectivity index (χ1n) is 6.26. The number of likely N-dealkylation sites (tertiary alicyclic amines) is 1. The Kier molecular flexibility index (Phi) is 3.65. The average Bonchev–Trinajstić information content (AvgIpc) is 2.69. The lowest BCUT2D eigenvalue weighted by Crippen LogP contribution is -2.54. The van der Waals surface area contributed by atoms with Crippen LogP contribution < -0.4 is 0 Å². The maximum absolute atomic E-state index is 11.9. The van der Waals surface area contributed by atoms with E-state index in [0.29, 0.717) is 0 Å². The highest BCUT2D eigenvalue weighted by Gasteiger charge is 2.35. The number of carbonyl (C=O) groups is 1. The third kappa shape index (κ3) is 2.43. The van der Waals surface area contributed by atoms with Crippen LogP contribution >= 0.6 is 0 Å². The number of nitrogens with zero attached hydrogens (tertiary/aromatic N) is 4. The Morgan fingerprint density at radius 2 is 1.94 bits per heavy atom. The lowest BCUT2D eigenvalue weighted by Gasteiger charge is -2.38. The van der Waals surface area contributed by atoms with Gasteiger partial charge in [0.25, 0.3) is 0 Å². The normalized spacial score (nSPS) is 29.4. The van der Waals surface area contributed by atoms with Crippen molar-refractivity contribution in [1.29, 1.82) is 5.26 Å². The van der Waals surface area contributed by atoms with Crippen molar-refractivity contribution in [2.24, 2.45) is 0 Å². The minimum atomic E-state index is -0.0147. The van der Waals surface area contributed by atoms with E-state index in [4.69, 9.17) is 5.26 Å². The molecule has 0 aromatic carbocycles. The van der Waals surface area contributed by atoms with E-state index in [9.17, 15) is 4.79 Å². The summed E-state index contributed by atoms with van der Waals surface area (Å²) in [6.07, 6.45) is 0.948. The zero-order chi connectivity index (χ0) is 12.4. The Labute approximate surface area is 103 Å². The van der Waals surface area contributed by atoms with Crippen LogP contribution in [0.2, 0.25) is 0 Å². The molecule has 0 aliphatic carbocycles. The fourth-order valence-corrected chi connectivity index (χ4v) is 2.66. The average molecular weight is 236 g/mol. The van der Waals surface area contributed by atoms with Gasteiger partial charge in [-0.1, -0.05) is 0 Å². The Balaban J connectivity index is 1.88. The summed E-state index contributed by atoms with van der Waals surface area (Å²) in [6.45, 7) is 6.39. The van der Waals surface area contributed by atoms with Gasteiger partial charge in [0.15, 0.2) is 0 Å². The predicted molar refractivity (Wildman–Crippen MR) is 64.3 cm³/mol. The molecule has 2 saturated heterocycles. The van der Waals surface area contributed by atoms with Crippen molar-refractivity contribution in [2.45, 2.75) is 25.4 Å². The number of hydrogen-bond acceptors (Lipinski definition) is 4. The van der Waals surface area contributed by atoms with Gasteiger partial charge in [-0.05, 0) is 13.3 Å². The maximum Gasteiger partial charge on any atom is 0.239 e. The van der Waals surface area contributed by atoms with Crippen LogP contribution in [0.5, 0.6) is 0 Å². The molecular weight excluding hydrogens is 216 g/mol. The molecule has 2 aliphatic rings. The third-order valence-corrected chi connectivity index (χ3v) is 3.92. The minimum absolute atomic E-state index is 0.0147. The van der Waals surface area contributed by atoms with E-state index in [1.165, 1.54) is 0 Å². The molecule has 1 amide bonds. The summed E-state index contributed by atoms with van der Waals surface area (Å²) in [7, 11) is 1.87. The topological polar surface area (TPSA) is 50.6 Å². The number of rotatable bonds is 2. The first-order chi connectivity index (χ1) is 8.13. The highest BCUT2D eigenvalue weighted by Crippen LogP contribution is 2.18. The Morgan fingerprint density at radius 3 is 2.41 bits per heavy atom. The molecule has 0 N–H and O–H groups in total. The number of hydrogen-bond donors (Lipinski definition) is 0. The van der Waals surface area contributed by atoms with Gasteiger partial charge in [-0.2, -0.15) is 5.26 Å². The van der Waals surface area contributed by atoms with Crippen LogP contribution in [-0.2, 0) is 4.79 Å². The summed E-state index contributed by atoms with van der Waals surface area (Å²) in [5, 5.41) is 8.88. The number of likely N-dealkylation sites (N-methyl/N-ethyl adjacent to an activating group) is 1. The van der Waals surface area contributed by atoms with E-state index in [1.807, 2.05) is 18.9 Å². The van der Waals surface area contributed by atoms with E-state index in [2.05, 4.69) is 15.9 Å². The SMILES string of the molecule is CC(C#N)N1CCN(C2CCN(C)C2=O)CC1. The Morgan fingerprint density at radius 1 is 1.29 bits per heavy atom. The minimum Gasteiger partial charge on any atom is -0.344 e. The number of amides is 1. The van der Waals surface area contributed by atoms with Gasteiger partial charge in [0.05, 0.1) is 18.2 Å². The van der Waals surface area contributed by atoms with Crippen LogP contribution in [0.4, 0.5) is 0 Å². The summed E-state index contributed by atoms with van der Waals surface area (Å²) in [6, 6.07) is 2.34. The van der Waals surface area contributed by atoms with Gasteiger partial charge < -0.3 is 4.90 Å². The highest BCUT2D eigenvalue weighted by atomic mass is 16.2. The molecule has 2 atom stereocenters. The summed E-state index contributed by atoms with van der Waals surface area (Å²) in [5.74, 6) is 0.256. The van der Waals surface area contributed by atoms with E-state index in [0.717, 1.165) is 39.1 Å². The molecule has 0 spiro atoms. The van der Waals surface area contributed by atoms with Gasteiger partial charge >= 0.3 is 0 Å². The molecule has 2 unspecified atom stereocenters. The molecule has 5 nitrogen and oxygen atoms in total. The second-order valence-corrected chi connectivity index (χ2v) is 4.94. The fourth-order valence-electron chi connectivity index (χ4n) is 2.66. The Hall–Kier alpha value is -1.12. The number of carbonyl (C=O) groups excluding carboxylic acids is 1. The summed E-state index contributed by atoms with van der Waals surface area (Å²) >= 11 is 0. The predicted octanol–water partition coefficient (Wildman–Crippen LogP) is -0.253. The molecule has 2 heterocycles. The Bertz CT molecular complexity index is 330. The van der Waals surface area contributed by atoms with Gasteiger partial charge in [-0.25, -0.2) is 0 Å². The molecule has 94 valence electrons. The van der Waals surface area contributed by atoms with Crippen LogP contribution in [0, 0.1) is 11.3 Å². The molecule has 0 radical (unpaired) electrons. The first kappa shape index (κ1) is 12.3. The van der Waals surface area contributed by atoms with E-state index in [1.54, 1.807) is 0 Å². The van der Waals surface area contributed by atoms with Gasteiger partial charge in [0.1, 0.15) is 0 Å². The lowest BCUT2D eigenvalue weighted by molar-refractivity contribution is -0.131. The molecule has 5 heteroatoms. The van der Waals surface area contributed by atoms with Crippen molar-refractivity contribution in [3.8, 4) is 6.07 Å². The zero-order valence-corrected chi connectivity index (χ0v) is 10.6. The van der Waals surface area contributed by atoms with Crippen molar-refractivity contribution in [2.75, 3.05) is 39.8 Å². The monoisotopic (exact) mass is 236 g/mol. The second-order valence-electron chi connectivity index (χ2n) is 4.94. The summed E-state index contributed by atoms with van der Waals surface area (Å²) < 4.78 is 0. The van der Waals surface area contributed by atoms with E-state index < -0.39 is 0 Å². The van der Waals surface area contributed by atoms with Crippen LogP contribution in [-0.4, -0.2) is 72.5 Å². The molecule has 0 saturated carbocycles. The van der Waals surface area contributed by atoms with Crippen molar-refractivity contribution in [3.63, 3.8) is 0 Å². The van der Waals surface area contributed by atoms with Crippen LogP contribution in [0.3, 0.4) is 0 Å². The van der Waals surface area contributed by atoms with Crippen molar-refractivity contribution in [1.82, 2.24) is 14.7 Å². The lowest BCUT2D eigenvalue weighted by atomic mass is 10.1. The number of nitriles is 1. The standard InChI is InChI=1S/C12H20N4O/c1-10(9-13)15-5-7-16(8-6-15)11-3-4-14(2)12(11)17/h10-11H,3-8H2,1-2H3. The molecule has 17 heavy (non-hydrogen) atoms. The summed E-state index contributed by atoms with van der Waals surface area (Å²) in [4.78, 5) is 18.2. The molecule has 0 aromatic rings. The fraction of sp³-hybridized carbons (Fsp3) is 0.833. The van der Waals surface area contributed by atoms with Crippen LogP contribution in [0.25, 0.3) is 0 Å². The molecule has 0 bridgehead atoms. The van der Waals surface area contributed by atoms with E-state index >= 15 is 0 Å². The molecule has 2 aliphatic heterocycles. The van der Waals surface area contributed by atoms with E-state index in [-0.39, 0.29) is 18.0 Å². The van der Waals surface area contributed by atoms with Gasteiger partial charge in [0.2, 0.25) is 5.91 Å². The first-order valence-corrected chi connectivity index (χ1v) is 6.26. The molecular formula is C12H20N4O. The van der Waals surface area contributed by atoms with Crippen LogP contribution in [0.15, 0.2) is 0 Å². The quantitative estimate of drug-likeness (QED) is 0.663. The van der Waals surface area contributed by atoms with Crippen molar-refractivity contribution in [3.05, 3.63) is 0 Å². The summed E-state index contributed by atoms with van der Waals surface area (Å²) in [5.41, 5.74) is 0. The maximum atomic E-state index is 11.9. The van der Waals surface area contributed by atoms with Gasteiger partial charge in [0, 0.05) is 39.8 Å².